The van der Waals surface area contributed by atoms with Crippen LogP contribution < -0.4 is 0 Å². The minimum Gasteiger partial charge on any atom is -0.383 e. The number of halogens is 1. The van der Waals surface area contributed by atoms with E-state index >= 15 is 0 Å². The van der Waals surface area contributed by atoms with Crippen LogP contribution in [0.4, 0.5) is 0 Å². The van der Waals surface area contributed by atoms with E-state index in [0.29, 0.717) is 7.41 Å². The highest BCUT2D eigenvalue weighted by Gasteiger charge is 2.17. The van der Waals surface area contributed by atoms with Crippen LogP contribution in [0, 0.1) is 0 Å². The van der Waals surface area contributed by atoms with Crippen LogP contribution in [0.1, 0.15) is 5.69 Å². The lowest BCUT2D eigenvalue weighted by Crippen LogP contribution is -2.36. The van der Waals surface area contributed by atoms with Gasteiger partial charge in [-0.15, -0.1) is 0 Å². The van der Waals surface area contributed by atoms with Gasteiger partial charge in [0.05, 0.1) is 18.9 Å². The van der Waals surface area contributed by atoms with E-state index in [2.05, 4.69) is 48.5 Å². The van der Waals surface area contributed by atoms with Gasteiger partial charge < -0.3 is 14.0 Å². The van der Waals surface area contributed by atoms with Gasteiger partial charge >= 0.3 is 7.41 Å². The Balaban J connectivity index is 1.79. The second kappa shape index (κ2) is 7.74. The number of pyridine rings is 1. The van der Waals surface area contributed by atoms with Crippen molar-refractivity contribution in [2.75, 3.05) is 26.3 Å². The minimum absolute atomic E-state index is 0.354. The molecule has 3 aromatic rings. The van der Waals surface area contributed by atoms with E-state index in [1.54, 1.807) is 0 Å². The van der Waals surface area contributed by atoms with Crippen LogP contribution in [0.3, 0.4) is 0 Å². The Labute approximate surface area is 161 Å². The molecule has 0 unspecified atom stereocenters. The maximum absolute atomic E-state index is 11.3. The molecule has 5 nitrogen and oxygen atoms in total. The van der Waals surface area contributed by atoms with Crippen molar-refractivity contribution in [3.05, 3.63) is 52.8 Å². The summed E-state index contributed by atoms with van der Waals surface area (Å²) in [6.07, 6.45) is 2.78. The summed E-state index contributed by atoms with van der Waals surface area (Å²) in [5, 5.41) is 1.08. The number of carbonyl (C=O) groups is 1. The molecule has 0 amide bonds. The average Bonchev–Trinajstić information content (AvgIpc) is 3.01. The molecule has 1 saturated heterocycles. The van der Waals surface area contributed by atoms with E-state index in [4.69, 9.17) is 4.74 Å². The third kappa shape index (κ3) is 3.47. The van der Waals surface area contributed by atoms with Crippen molar-refractivity contribution < 1.29 is 9.53 Å². The molecule has 0 aliphatic carbocycles. The lowest BCUT2D eigenvalue weighted by Gasteiger charge is -2.26. The Kier molecular flexibility index (Phi) is 5.20. The molecule has 0 N–H and O–H groups in total. The van der Waals surface area contributed by atoms with Crippen molar-refractivity contribution in [1.29, 1.82) is 0 Å². The van der Waals surface area contributed by atoms with Gasteiger partial charge in [-0.25, -0.2) is 0 Å². The highest BCUT2D eigenvalue weighted by molar-refractivity contribution is 9.10. The number of rotatable bonds is 5. The van der Waals surface area contributed by atoms with Gasteiger partial charge in [-0.1, -0.05) is 28.1 Å². The summed E-state index contributed by atoms with van der Waals surface area (Å²) in [5.74, 6) is 0. The maximum atomic E-state index is 11.3. The fraction of sp³-hybridized carbons (Fsp3) is 0.263. The number of hydrogen-bond acceptors (Lipinski definition) is 4. The van der Waals surface area contributed by atoms with Crippen molar-refractivity contribution >= 4 is 40.4 Å². The molecule has 132 valence electrons. The van der Waals surface area contributed by atoms with Gasteiger partial charge in [0, 0.05) is 52.5 Å². The number of benzene rings is 1. The van der Waals surface area contributed by atoms with Gasteiger partial charge in [-0.2, -0.15) is 0 Å². The average molecular weight is 412 g/mol. The Morgan fingerprint density at radius 1 is 1.19 bits per heavy atom. The van der Waals surface area contributed by atoms with Gasteiger partial charge in [0.1, 0.15) is 6.19 Å². The summed E-state index contributed by atoms with van der Waals surface area (Å²) in [6, 6.07) is 12.3. The van der Waals surface area contributed by atoms with Crippen LogP contribution in [0.15, 0.2) is 47.1 Å². The lowest BCUT2D eigenvalue weighted by atomic mass is 9.97. The zero-order valence-electron chi connectivity index (χ0n) is 14.4. The van der Waals surface area contributed by atoms with Crippen molar-refractivity contribution in [2.24, 2.45) is 0 Å². The number of aromatic nitrogens is 2. The van der Waals surface area contributed by atoms with E-state index in [-0.39, 0.29) is 0 Å². The van der Waals surface area contributed by atoms with Crippen molar-refractivity contribution in [3.8, 4) is 11.3 Å². The molecule has 1 aliphatic rings. The Hall–Kier alpha value is -1.96. The first-order chi connectivity index (χ1) is 12.8. The van der Waals surface area contributed by atoms with Crippen LogP contribution in [-0.4, -0.2) is 54.3 Å². The van der Waals surface area contributed by atoms with Crippen LogP contribution >= 0.6 is 15.9 Å². The Morgan fingerprint density at radius 2 is 1.96 bits per heavy atom. The quantitative estimate of drug-likeness (QED) is 0.478. The summed E-state index contributed by atoms with van der Waals surface area (Å²) < 4.78 is 8.58. The molecule has 3 heterocycles. The van der Waals surface area contributed by atoms with Crippen LogP contribution in [0.2, 0.25) is 0 Å². The van der Waals surface area contributed by atoms with E-state index in [1.165, 1.54) is 0 Å². The maximum Gasteiger partial charge on any atom is 0.315 e. The first-order valence-corrected chi connectivity index (χ1v) is 9.52. The second-order valence-electron chi connectivity index (χ2n) is 6.40. The van der Waals surface area contributed by atoms with E-state index in [9.17, 15) is 4.79 Å². The Bertz CT molecular complexity index is 920. The van der Waals surface area contributed by atoms with Gasteiger partial charge in [-0.05, 0) is 24.3 Å². The van der Waals surface area contributed by atoms with Crippen molar-refractivity contribution in [3.63, 3.8) is 0 Å². The molecule has 0 radical (unpaired) electrons. The van der Waals surface area contributed by atoms with Crippen LogP contribution in [-0.2, 0) is 16.1 Å². The molecular formula is C19H19BBrN3O2. The van der Waals surface area contributed by atoms with Gasteiger partial charge in [0.15, 0.2) is 0 Å². The minimum atomic E-state index is 0.354. The zero-order chi connectivity index (χ0) is 17.9. The molecule has 7 heteroatoms. The van der Waals surface area contributed by atoms with Crippen LogP contribution in [0.25, 0.3) is 22.2 Å². The molecule has 0 spiro atoms. The summed E-state index contributed by atoms with van der Waals surface area (Å²) in [5.41, 5.74) is 4.21. The predicted molar refractivity (Wildman–Crippen MR) is 108 cm³/mol. The molecule has 26 heavy (non-hydrogen) atoms. The van der Waals surface area contributed by atoms with Gasteiger partial charge in [-0.3, -0.25) is 9.88 Å². The first-order valence-electron chi connectivity index (χ1n) is 8.73. The number of hydrogen-bond donors (Lipinski definition) is 0. The third-order valence-electron chi connectivity index (χ3n) is 4.78. The molecule has 0 saturated carbocycles. The molecule has 0 bridgehead atoms. The predicted octanol–water partition coefficient (Wildman–Crippen LogP) is 2.69. The molecular weight excluding hydrogens is 393 g/mol. The third-order valence-corrected chi connectivity index (χ3v) is 5.31. The number of nitrogens with zero attached hydrogens (tertiary/aromatic N) is 3. The summed E-state index contributed by atoms with van der Waals surface area (Å²) in [6.45, 7) is 4.17. The van der Waals surface area contributed by atoms with E-state index in [0.717, 1.165) is 71.4 Å². The molecule has 1 aromatic carbocycles. The number of carbonyl (C=O) groups excluding carboxylic acids is 1. The number of morpholine rings is 1. The molecule has 4 rings (SSSR count). The zero-order valence-corrected chi connectivity index (χ0v) is 16.0. The molecule has 1 aliphatic heterocycles. The fourth-order valence-electron chi connectivity index (χ4n) is 3.49. The summed E-state index contributed by atoms with van der Waals surface area (Å²) >= 11 is 3.48. The molecule has 2 aromatic heterocycles. The van der Waals surface area contributed by atoms with E-state index in [1.807, 2.05) is 24.4 Å². The summed E-state index contributed by atoms with van der Waals surface area (Å²) in [7, 11) is 0.354. The fourth-order valence-corrected chi connectivity index (χ4v) is 3.75. The largest absolute Gasteiger partial charge is 0.383 e. The first kappa shape index (κ1) is 17.5. The molecule has 0 atom stereocenters. The highest BCUT2D eigenvalue weighted by Crippen LogP contribution is 2.30. The normalized spacial score (nSPS) is 15.3. The molecule has 1 fully saturated rings. The lowest BCUT2D eigenvalue weighted by molar-refractivity contribution is 0.0336. The van der Waals surface area contributed by atoms with Crippen molar-refractivity contribution in [2.45, 2.75) is 6.54 Å². The SMILES string of the molecule is O=CBn1c(CN2CCOCC2)cc2c(-c3ccc(Br)cc3)nccc21. The van der Waals surface area contributed by atoms with Crippen LogP contribution in [0.5, 0.6) is 0 Å². The smallest absolute Gasteiger partial charge is 0.315 e. The second-order valence-corrected chi connectivity index (χ2v) is 7.32. The number of fused-ring (bicyclic) bond motifs is 1. The van der Waals surface area contributed by atoms with Gasteiger partial charge in [0.2, 0.25) is 0 Å². The standard InChI is InChI=1S/C19H19BBrN3O2/c21-15-3-1-14(2-4-15)19-17-11-16(12-23-7-9-26-10-8-23)24(20-13-25)18(17)5-6-22-19/h1-6,11,13,20H,7-10,12H2. The monoisotopic (exact) mass is 411 g/mol. The number of ether oxygens (including phenoxy) is 1. The van der Waals surface area contributed by atoms with Gasteiger partial charge in [0.25, 0.3) is 0 Å². The van der Waals surface area contributed by atoms with E-state index < -0.39 is 0 Å². The Morgan fingerprint density at radius 3 is 2.69 bits per heavy atom. The van der Waals surface area contributed by atoms with Crippen molar-refractivity contribution in [1.82, 2.24) is 14.4 Å². The topological polar surface area (TPSA) is 47.4 Å². The summed E-state index contributed by atoms with van der Waals surface area (Å²) in [4.78, 5) is 18.3. The highest BCUT2D eigenvalue weighted by atomic mass is 79.9.